The van der Waals surface area contributed by atoms with Crippen LogP contribution in [0, 0.1) is 19.3 Å². The Hall–Kier alpha value is -1.75. The molecule has 0 unspecified atom stereocenters. The molecule has 0 spiro atoms. The van der Waals surface area contributed by atoms with E-state index in [1.54, 1.807) is 0 Å². The summed E-state index contributed by atoms with van der Waals surface area (Å²) in [5.41, 5.74) is 2.09. The van der Waals surface area contributed by atoms with Gasteiger partial charge in [0.05, 0.1) is 0 Å². The van der Waals surface area contributed by atoms with Gasteiger partial charge in [0.25, 0.3) is 0 Å². The summed E-state index contributed by atoms with van der Waals surface area (Å²) in [5.74, 6) is 2.77. The van der Waals surface area contributed by atoms with Crippen molar-refractivity contribution in [1.29, 1.82) is 0 Å². The third kappa shape index (κ3) is 7.63. The number of carbonyl (C=O) groups is 1. The Balaban J connectivity index is 2.03. The van der Waals surface area contributed by atoms with Crippen molar-refractivity contribution in [3.05, 3.63) is 29.8 Å². The largest absolute Gasteiger partial charge is 0.326 e. The van der Waals surface area contributed by atoms with Crippen molar-refractivity contribution in [3.8, 4) is 12.3 Å². The average molecular weight is 271 g/mol. The Morgan fingerprint density at radius 1 is 1.05 bits per heavy atom. The van der Waals surface area contributed by atoms with Crippen LogP contribution in [0.2, 0.25) is 0 Å². The molecule has 108 valence electrons. The van der Waals surface area contributed by atoms with Crippen LogP contribution in [0.25, 0.3) is 0 Å². The average Bonchev–Trinajstić information content (AvgIpc) is 2.44. The van der Waals surface area contributed by atoms with Gasteiger partial charge in [0, 0.05) is 18.5 Å². The molecule has 0 aliphatic heterocycles. The van der Waals surface area contributed by atoms with Crippen LogP contribution in [0.15, 0.2) is 24.3 Å². The zero-order valence-corrected chi connectivity index (χ0v) is 12.5. The minimum absolute atomic E-state index is 0.112. The molecule has 20 heavy (non-hydrogen) atoms. The summed E-state index contributed by atoms with van der Waals surface area (Å²) in [6, 6.07) is 7.90. The first kappa shape index (κ1) is 16.3. The van der Waals surface area contributed by atoms with Crippen molar-refractivity contribution < 1.29 is 4.79 Å². The zero-order chi connectivity index (χ0) is 14.6. The molecule has 0 fully saturated rings. The molecular formula is C18H25NO. The Morgan fingerprint density at radius 3 is 2.30 bits per heavy atom. The van der Waals surface area contributed by atoms with Crippen molar-refractivity contribution in [3.63, 3.8) is 0 Å². The summed E-state index contributed by atoms with van der Waals surface area (Å²) in [6.07, 6.45) is 13.5. The molecule has 2 heteroatoms. The molecule has 0 aromatic heterocycles. The van der Waals surface area contributed by atoms with Crippen LogP contribution in [-0.2, 0) is 4.79 Å². The Bertz CT molecular complexity index is 428. The van der Waals surface area contributed by atoms with Crippen molar-refractivity contribution in [1.82, 2.24) is 0 Å². The van der Waals surface area contributed by atoms with E-state index in [4.69, 9.17) is 6.42 Å². The van der Waals surface area contributed by atoms with Gasteiger partial charge in [-0.15, -0.1) is 12.3 Å². The highest BCUT2D eigenvalue weighted by Crippen LogP contribution is 2.11. The Kier molecular flexibility index (Phi) is 8.22. The van der Waals surface area contributed by atoms with E-state index in [1.807, 2.05) is 31.2 Å². The Labute approximate surface area is 123 Å². The summed E-state index contributed by atoms with van der Waals surface area (Å²) < 4.78 is 0. The minimum Gasteiger partial charge on any atom is -0.326 e. The third-order valence-corrected chi connectivity index (χ3v) is 3.31. The topological polar surface area (TPSA) is 29.1 Å². The number of rotatable bonds is 9. The maximum atomic E-state index is 11.7. The van der Waals surface area contributed by atoms with Gasteiger partial charge in [-0.2, -0.15) is 0 Å². The molecule has 1 aromatic carbocycles. The van der Waals surface area contributed by atoms with E-state index in [0.29, 0.717) is 6.42 Å². The standard InChI is InChI=1S/C18H25NO/c1-3-4-5-6-7-8-9-10-11-18(20)19-17-14-12-16(2)13-15-17/h1,12-15H,4-11H2,2H3,(H,19,20). The highest BCUT2D eigenvalue weighted by Gasteiger charge is 2.01. The fourth-order valence-electron chi connectivity index (χ4n) is 2.08. The van der Waals surface area contributed by atoms with Gasteiger partial charge >= 0.3 is 0 Å². The van der Waals surface area contributed by atoms with E-state index in [2.05, 4.69) is 11.2 Å². The van der Waals surface area contributed by atoms with Gasteiger partial charge in [0.1, 0.15) is 0 Å². The summed E-state index contributed by atoms with van der Waals surface area (Å²) in [7, 11) is 0. The van der Waals surface area contributed by atoms with Crippen LogP contribution >= 0.6 is 0 Å². The lowest BCUT2D eigenvalue weighted by Crippen LogP contribution is -2.10. The van der Waals surface area contributed by atoms with Crippen LogP contribution in [0.3, 0.4) is 0 Å². The smallest absolute Gasteiger partial charge is 0.224 e. The molecule has 0 saturated heterocycles. The van der Waals surface area contributed by atoms with Gasteiger partial charge < -0.3 is 5.32 Å². The minimum atomic E-state index is 0.112. The van der Waals surface area contributed by atoms with Gasteiger partial charge in [0.15, 0.2) is 0 Å². The predicted molar refractivity (Wildman–Crippen MR) is 85.6 cm³/mol. The number of aryl methyl sites for hydroxylation is 1. The number of terminal acetylenes is 1. The second-order valence-corrected chi connectivity index (χ2v) is 5.24. The third-order valence-electron chi connectivity index (χ3n) is 3.31. The normalized spacial score (nSPS) is 10.0. The second kappa shape index (κ2) is 10.1. The van der Waals surface area contributed by atoms with E-state index in [0.717, 1.165) is 31.4 Å². The van der Waals surface area contributed by atoms with Gasteiger partial charge in [-0.25, -0.2) is 0 Å². The molecule has 1 amide bonds. The maximum absolute atomic E-state index is 11.7. The molecule has 0 saturated carbocycles. The monoisotopic (exact) mass is 271 g/mol. The van der Waals surface area contributed by atoms with Gasteiger partial charge in [-0.05, 0) is 31.9 Å². The van der Waals surface area contributed by atoms with Crippen LogP contribution in [0.5, 0.6) is 0 Å². The van der Waals surface area contributed by atoms with E-state index >= 15 is 0 Å². The maximum Gasteiger partial charge on any atom is 0.224 e. The van der Waals surface area contributed by atoms with E-state index in [1.165, 1.54) is 24.8 Å². The predicted octanol–water partition coefficient (Wildman–Crippen LogP) is 4.69. The zero-order valence-electron chi connectivity index (χ0n) is 12.5. The molecule has 1 aromatic rings. The van der Waals surface area contributed by atoms with Crippen LogP contribution < -0.4 is 5.32 Å². The molecule has 0 radical (unpaired) electrons. The molecule has 1 rings (SSSR count). The molecule has 2 nitrogen and oxygen atoms in total. The fraction of sp³-hybridized carbons (Fsp3) is 0.500. The number of benzene rings is 1. The van der Waals surface area contributed by atoms with Crippen molar-refractivity contribution >= 4 is 11.6 Å². The van der Waals surface area contributed by atoms with E-state index in [-0.39, 0.29) is 5.91 Å². The lowest BCUT2D eigenvalue weighted by Gasteiger charge is -2.05. The fourth-order valence-corrected chi connectivity index (χ4v) is 2.08. The van der Waals surface area contributed by atoms with Crippen molar-refractivity contribution in [2.45, 2.75) is 58.3 Å². The SMILES string of the molecule is C#CCCCCCCCCC(=O)Nc1ccc(C)cc1. The van der Waals surface area contributed by atoms with Crippen LogP contribution in [0.1, 0.15) is 56.9 Å². The number of hydrogen-bond donors (Lipinski definition) is 1. The highest BCUT2D eigenvalue weighted by molar-refractivity contribution is 5.90. The first-order chi connectivity index (χ1) is 9.72. The number of hydrogen-bond acceptors (Lipinski definition) is 1. The number of amides is 1. The lowest BCUT2D eigenvalue weighted by molar-refractivity contribution is -0.116. The van der Waals surface area contributed by atoms with Crippen molar-refractivity contribution in [2.75, 3.05) is 5.32 Å². The number of carbonyl (C=O) groups excluding carboxylic acids is 1. The van der Waals surface area contributed by atoms with E-state index < -0.39 is 0 Å². The van der Waals surface area contributed by atoms with Gasteiger partial charge in [-0.1, -0.05) is 43.4 Å². The van der Waals surface area contributed by atoms with Crippen molar-refractivity contribution in [2.24, 2.45) is 0 Å². The second-order valence-electron chi connectivity index (χ2n) is 5.24. The van der Waals surface area contributed by atoms with Gasteiger partial charge in [0.2, 0.25) is 5.91 Å². The van der Waals surface area contributed by atoms with E-state index in [9.17, 15) is 4.79 Å². The molecule has 0 aliphatic rings. The number of anilines is 1. The first-order valence-electron chi connectivity index (χ1n) is 7.52. The summed E-state index contributed by atoms with van der Waals surface area (Å²) in [5, 5.41) is 2.93. The molecule has 0 aliphatic carbocycles. The first-order valence-corrected chi connectivity index (χ1v) is 7.52. The molecule has 0 bridgehead atoms. The van der Waals surface area contributed by atoms with Crippen LogP contribution in [0.4, 0.5) is 5.69 Å². The summed E-state index contributed by atoms with van der Waals surface area (Å²) in [4.78, 5) is 11.7. The van der Waals surface area contributed by atoms with Gasteiger partial charge in [-0.3, -0.25) is 4.79 Å². The van der Waals surface area contributed by atoms with Crippen LogP contribution in [-0.4, -0.2) is 5.91 Å². The molecular weight excluding hydrogens is 246 g/mol. The number of nitrogens with one attached hydrogen (secondary N) is 1. The summed E-state index contributed by atoms with van der Waals surface area (Å²) >= 11 is 0. The Morgan fingerprint density at radius 2 is 1.65 bits per heavy atom. The molecule has 0 atom stereocenters. The quantitative estimate of drug-likeness (QED) is 0.512. The number of unbranched alkanes of at least 4 members (excludes halogenated alkanes) is 6. The lowest BCUT2D eigenvalue weighted by atomic mass is 10.1. The highest BCUT2D eigenvalue weighted by atomic mass is 16.1. The summed E-state index contributed by atoms with van der Waals surface area (Å²) in [6.45, 7) is 2.04. The molecule has 1 N–H and O–H groups in total. The molecule has 0 heterocycles.